The summed E-state index contributed by atoms with van der Waals surface area (Å²) in [6.07, 6.45) is 3.17. The lowest BCUT2D eigenvalue weighted by Crippen LogP contribution is -2.49. The number of likely N-dealkylation sites (tertiary alicyclic amines) is 1. The highest BCUT2D eigenvalue weighted by Crippen LogP contribution is 2.19. The molecule has 2 amide bonds. The van der Waals surface area contributed by atoms with Crippen LogP contribution in [0.5, 0.6) is 0 Å². The third-order valence-corrected chi connectivity index (χ3v) is 5.33. The highest BCUT2D eigenvalue weighted by Gasteiger charge is 2.34. The van der Waals surface area contributed by atoms with Gasteiger partial charge in [-0.05, 0) is 19.3 Å². The maximum Gasteiger partial charge on any atom is 0.245 e. The van der Waals surface area contributed by atoms with Gasteiger partial charge in [-0.1, -0.05) is 0 Å². The third-order valence-electron chi connectivity index (χ3n) is 3.65. The van der Waals surface area contributed by atoms with E-state index in [1.807, 2.05) is 0 Å². The first-order chi connectivity index (χ1) is 8.38. The van der Waals surface area contributed by atoms with Crippen molar-refractivity contribution in [3.8, 4) is 0 Å². The monoisotopic (exact) mass is 274 g/mol. The molecule has 1 unspecified atom stereocenters. The highest BCUT2D eigenvalue weighted by molar-refractivity contribution is 7.91. The zero-order chi connectivity index (χ0) is 13.3. The molecule has 2 saturated heterocycles. The first kappa shape index (κ1) is 13.3. The average molecular weight is 274 g/mol. The normalized spacial score (nSPS) is 26.2. The van der Waals surface area contributed by atoms with E-state index in [9.17, 15) is 18.0 Å². The molecule has 2 fully saturated rings. The fraction of sp³-hybridized carbons (Fsp3) is 0.818. The van der Waals surface area contributed by atoms with Crippen LogP contribution in [0.25, 0.3) is 0 Å². The van der Waals surface area contributed by atoms with Gasteiger partial charge >= 0.3 is 0 Å². The van der Waals surface area contributed by atoms with Crippen LogP contribution >= 0.6 is 0 Å². The van der Waals surface area contributed by atoms with Crippen LogP contribution in [0.15, 0.2) is 0 Å². The molecule has 0 aromatic carbocycles. The first-order valence-corrected chi connectivity index (χ1v) is 8.10. The lowest BCUT2D eigenvalue weighted by molar-refractivity contribution is -0.135. The van der Waals surface area contributed by atoms with Crippen molar-refractivity contribution in [3.63, 3.8) is 0 Å². The zero-order valence-corrected chi connectivity index (χ0v) is 11.2. The molecule has 6 nitrogen and oxygen atoms in total. The Bertz CT molecular complexity index is 452. The standard InChI is InChI=1S/C11H18N2O4S/c1-18(16,17)8-4-6-13(7-5-8)11(15)9-2-3-10(14)12-9/h8-9H,2-7H2,1H3,(H,12,14). The lowest BCUT2D eigenvalue weighted by Gasteiger charge is -2.32. The molecule has 2 aliphatic rings. The predicted molar refractivity (Wildman–Crippen MR) is 65.6 cm³/mol. The summed E-state index contributed by atoms with van der Waals surface area (Å²) in [4.78, 5) is 24.8. The van der Waals surface area contributed by atoms with E-state index >= 15 is 0 Å². The van der Waals surface area contributed by atoms with E-state index in [2.05, 4.69) is 5.32 Å². The molecule has 7 heteroatoms. The van der Waals surface area contributed by atoms with Crippen molar-refractivity contribution in [2.24, 2.45) is 0 Å². The van der Waals surface area contributed by atoms with E-state index in [4.69, 9.17) is 0 Å². The highest BCUT2D eigenvalue weighted by atomic mass is 32.2. The minimum atomic E-state index is -3.01. The average Bonchev–Trinajstić information content (AvgIpc) is 2.74. The number of piperidine rings is 1. The number of nitrogens with zero attached hydrogens (tertiary/aromatic N) is 1. The third kappa shape index (κ3) is 2.82. The van der Waals surface area contributed by atoms with Crippen molar-refractivity contribution in [2.75, 3.05) is 19.3 Å². The summed E-state index contributed by atoms with van der Waals surface area (Å²) in [5.41, 5.74) is 0. The summed E-state index contributed by atoms with van der Waals surface area (Å²) in [6, 6.07) is -0.410. The maximum atomic E-state index is 12.1. The van der Waals surface area contributed by atoms with Crippen molar-refractivity contribution in [2.45, 2.75) is 37.0 Å². The Hall–Kier alpha value is -1.11. The van der Waals surface area contributed by atoms with Crippen LogP contribution in [0.1, 0.15) is 25.7 Å². The molecular weight excluding hydrogens is 256 g/mol. The predicted octanol–water partition coefficient (Wildman–Crippen LogP) is -0.699. The Labute approximate surface area is 107 Å². The summed E-state index contributed by atoms with van der Waals surface area (Å²) >= 11 is 0. The van der Waals surface area contributed by atoms with E-state index in [1.54, 1.807) is 4.90 Å². The molecule has 102 valence electrons. The lowest BCUT2D eigenvalue weighted by atomic mass is 10.1. The van der Waals surface area contributed by atoms with Crippen LogP contribution in [0.2, 0.25) is 0 Å². The van der Waals surface area contributed by atoms with Gasteiger partial charge in [-0.3, -0.25) is 9.59 Å². The van der Waals surface area contributed by atoms with E-state index < -0.39 is 15.9 Å². The van der Waals surface area contributed by atoms with Crippen LogP contribution in [0.4, 0.5) is 0 Å². The van der Waals surface area contributed by atoms with Crippen molar-refractivity contribution >= 4 is 21.7 Å². The summed E-state index contributed by atoms with van der Waals surface area (Å²) in [5, 5.41) is 2.31. The molecule has 2 rings (SSSR count). The van der Waals surface area contributed by atoms with Crippen molar-refractivity contribution < 1.29 is 18.0 Å². The zero-order valence-electron chi connectivity index (χ0n) is 10.4. The Morgan fingerprint density at radius 3 is 2.33 bits per heavy atom. The molecule has 0 radical (unpaired) electrons. The molecule has 1 N–H and O–H groups in total. The number of amides is 2. The van der Waals surface area contributed by atoms with E-state index in [1.165, 1.54) is 6.26 Å². The van der Waals surface area contributed by atoms with Crippen molar-refractivity contribution in [3.05, 3.63) is 0 Å². The summed E-state index contributed by atoms with van der Waals surface area (Å²) < 4.78 is 22.8. The molecule has 0 bridgehead atoms. The van der Waals surface area contributed by atoms with Gasteiger partial charge in [0, 0.05) is 25.8 Å². The Morgan fingerprint density at radius 2 is 1.89 bits per heavy atom. The molecule has 18 heavy (non-hydrogen) atoms. The van der Waals surface area contributed by atoms with Gasteiger partial charge in [0.15, 0.2) is 0 Å². The number of hydrogen-bond acceptors (Lipinski definition) is 4. The Kier molecular flexibility index (Phi) is 3.61. The van der Waals surface area contributed by atoms with Gasteiger partial charge in [0.05, 0.1) is 5.25 Å². The SMILES string of the molecule is CS(=O)(=O)C1CCN(C(=O)C2CCC(=O)N2)CC1. The fourth-order valence-electron chi connectivity index (χ4n) is 2.52. The first-order valence-electron chi connectivity index (χ1n) is 6.15. The molecule has 0 spiro atoms. The van der Waals surface area contributed by atoms with Gasteiger partial charge in [-0.2, -0.15) is 0 Å². The molecular formula is C11H18N2O4S. The maximum absolute atomic E-state index is 12.1. The minimum Gasteiger partial charge on any atom is -0.344 e. The van der Waals surface area contributed by atoms with Gasteiger partial charge in [-0.15, -0.1) is 0 Å². The van der Waals surface area contributed by atoms with Crippen LogP contribution in [-0.4, -0.2) is 55.8 Å². The van der Waals surface area contributed by atoms with Crippen molar-refractivity contribution in [1.29, 1.82) is 0 Å². The van der Waals surface area contributed by atoms with Crippen molar-refractivity contribution in [1.82, 2.24) is 10.2 Å². The van der Waals surface area contributed by atoms with E-state index in [0.29, 0.717) is 38.8 Å². The van der Waals surface area contributed by atoms with E-state index in [0.717, 1.165) is 0 Å². The number of rotatable bonds is 2. The second-order valence-electron chi connectivity index (χ2n) is 5.01. The number of carbonyl (C=O) groups excluding carboxylic acids is 2. The smallest absolute Gasteiger partial charge is 0.245 e. The van der Waals surface area contributed by atoms with Gasteiger partial charge < -0.3 is 10.2 Å². The topological polar surface area (TPSA) is 83.6 Å². The summed E-state index contributed by atoms with van der Waals surface area (Å²) in [7, 11) is -3.01. The number of nitrogens with one attached hydrogen (secondary N) is 1. The summed E-state index contributed by atoms with van der Waals surface area (Å²) in [6.45, 7) is 0.923. The quantitative estimate of drug-likeness (QED) is 0.722. The second kappa shape index (κ2) is 4.87. The molecule has 0 saturated carbocycles. The fourth-order valence-corrected chi connectivity index (χ4v) is 3.59. The van der Waals surface area contributed by atoms with Crippen LogP contribution in [0, 0.1) is 0 Å². The molecule has 1 atom stereocenters. The van der Waals surface area contributed by atoms with E-state index in [-0.39, 0.29) is 17.1 Å². The van der Waals surface area contributed by atoms with Gasteiger partial charge in [-0.25, -0.2) is 8.42 Å². The summed E-state index contributed by atoms with van der Waals surface area (Å²) in [5.74, 6) is -0.160. The largest absolute Gasteiger partial charge is 0.344 e. The molecule has 2 heterocycles. The second-order valence-corrected chi connectivity index (χ2v) is 7.34. The Balaban J connectivity index is 1.90. The molecule has 0 aliphatic carbocycles. The van der Waals surface area contributed by atoms with Gasteiger partial charge in [0.1, 0.15) is 15.9 Å². The number of sulfone groups is 1. The number of carbonyl (C=O) groups is 2. The number of hydrogen-bond donors (Lipinski definition) is 1. The van der Waals surface area contributed by atoms with Crippen LogP contribution in [-0.2, 0) is 19.4 Å². The molecule has 0 aromatic heterocycles. The van der Waals surface area contributed by atoms with Crippen LogP contribution in [0.3, 0.4) is 0 Å². The van der Waals surface area contributed by atoms with Crippen LogP contribution < -0.4 is 5.32 Å². The van der Waals surface area contributed by atoms with Gasteiger partial charge in [0.2, 0.25) is 11.8 Å². The minimum absolute atomic E-state index is 0.0761. The Morgan fingerprint density at radius 1 is 1.28 bits per heavy atom. The molecule has 0 aromatic rings. The van der Waals surface area contributed by atoms with Gasteiger partial charge in [0.25, 0.3) is 0 Å². The molecule has 2 aliphatic heterocycles.